The maximum atomic E-state index is 4.44. The Hall–Kier alpha value is -1.69. The van der Waals surface area contributed by atoms with Crippen molar-refractivity contribution in [3.05, 3.63) is 29.0 Å². The van der Waals surface area contributed by atoms with Gasteiger partial charge in [0, 0.05) is 57.6 Å². The lowest BCUT2D eigenvalue weighted by atomic mass is 10.2. The van der Waals surface area contributed by atoms with E-state index in [1.807, 2.05) is 37.6 Å². The Balaban J connectivity index is 2.14. The summed E-state index contributed by atoms with van der Waals surface area (Å²) in [6.45, 7) is 3.05. The zero-order valence-corrected chi connectivity index (χ0v) is 12.6. The number of likely N-dealkylation sites (N-methyl/N-ethyl adjacent to an activating group) is 1. The number of nitrogens with zero attached hydrogens (tertiary/aromatic N) is 5. The summed E-state index contributed by atoms with van der Waals surface area (Å²) < 4.78 is 0. The van der Waals surface area contributed by atoms with E-state index in [2.05, 4.69) is 26.8 Å². The molecule has 0 aliphatic heterocycles. The molecular formula is C13H19N5S. The minimum absolute atomic E-state index is 0.377. The summed E-state index contributed by atoms with van der Waals surface area (Å²) in [6.07, 6.45) is 5.30. The lowest BCUT2D eigenvalue weighted by Crippen LogP contribution is -2.26. The summed E-state index contributed by atoms with van der Waals surface area (Å²) in [7, 11) is 6.00. The summed E-state index contributed by atoms with van der Waals surface area (Å²) in [6, 6.07) is 0. The van der Waals surface area contributed by atoms with E-state index < -0.39 is 0 Å². The van der Waals surface area contributed by atoms with Crippen molar-refractivity contribution in [3.8, 4) is 0 Å². The molecule has 0 radical (unpaired) electrons. The van der Waals surface area contributed by atoms with Crippen molar-refractivity contribution >= 4 is 23.0 Å². The normalized spacial score (nSPS) is 12.2. The van der Waals surface area contributed by atoms with E-state index in [-0.39, 0.29) is 0 Å². The van der Waals surface area contributed by atoms with Crippen molar-refractivity contribution in [1.82, 2.24) is 15.0 Å². The van der Waals surface area contributed by atoms with E-state index in [1.165, 1.54) is 0 Å². The number of anilines is 2. The van der Waals surface area contributed by atoms with Crippen LogP contribution in [0.5, 0.6) is 0 Å². The molecule has 0 N–H and O–H groups in total. The maximum absolute atomic E-state index is 4.44. The molecular weight excluding hydrogens is 258 g/mol. The summed E-state index contributed by atoms with van der Waals surface area (Å²) in [5, 5.41) is 3.17. The zero-order chi connectivity index (χ0) is 13.8. The first kappa shape index (κ1) is 13.7. The summed E-state index contributed by atoms with van der Waals surface area (Å²) >= 11 is 1.69. The fourth-order valence-corrected chi connectivity index (χ4v) is 2.65. The van der Waals surface area contributed by atoms with Crippen molar-refractivity contribution in [3.63, 3.8) is 0 Å². The Labute approximate surface area is 117 Å². The molecule has 2 aromatic rings. The second kappa shape index (κ2) is 5.97. The smallest absolute Gasteiger partial charge is 0.171 e. The average molecular weight is 277 g/mol. The molecule has 2 rings (SSSR count). The minimum Gasteiger partial charge on any atom is -0.360 e. The quantitative estimate of drug-likeness (QED) is 0.838. The van der Waals surface area contributed by atoms with Crippen molar-refractivity contribution < 1.29 is 0 Å². The van der Waals surface area contributed by atoms with Crippen LogP contribution in [0.25, 0.3) is 0 Å². The molecule has 0 amide bonds. The maximum Gasteiger partial charge on any atom is 0.171 e. The minimum atomic E-state index is 0.377. The third-order valence-corrected chi connectivity index (χ3v) is 3.87. The lowest BCUT2D eigenvalue weighted by Gasteiger charge is -2.25. The molecule has 0 aliphatic carbocycles. The fourth-order valence-electron chi connectivity index (χ4n) is 1.96. The molecule has 0 fully saturated rings. The zero-order valence-electron chi connectivity index (χ0n) is 11.7. The summed E-state index contributed by atoms with van der Waals surface area (Å²) in [5.74, 6) is 2.16. The topological polar surface area (TPSA) is 45.2 Å². The van der Waals surface area contributed by atoms with Gasteiger partial charge in [-0.05, 0) is 0 Å². The summed E-state index contributed by atoms with van der Waals surface area (Å²) in [5.41, 5.74) is 0. The van der Waals surface area contributed by atoms with E-state index in [0.717, 1.165) is 23.2 Å². The third-order valence-electron chi connectivity index (χ3n) is 2.87. The van der Waals surface area contributed by atoms with Gasteiger partial charge in [0.05, 0.1) is 5.01 Å². The van der Waals surface area contributed by atoms with Gasteiger partial charge in [-0.1, -0.05) is 6.92 Å². The van der Waals surface area contributed by atoms with Crippen LogP contribution in [0.2, 0.25) is 0 Å². The van der Waals surface area contributed by atoms with Crippen molar-refractivity contribution in [2.75, 3.05) is 37.5 Å². The van der Waals surface area contributed by atoms with E-state index >= 15 is 0 Å². The van der Waals surface area contributed by atoms with E-state index in [9.17, 15) is 0 Å². The number of hydrogen-bond acceptors (Lipinski definition) is 6. The Kier molecular flexibility index (Phi) is 4.31. The van der Waals surface area contributed by atoms with Gasteiger partial charge in [-0.3, -0.25) is 0 Å². The van der Waals surface area contributed by atoms with Crippen LogP contribution < -0.4 is 9.80 Å². The number of aromatic nitrogens is 3. The molecule has 1 unspecified atom stereocenters. The van der Waals surface area contributed by atoms with E-state index in [4.69, 9.17) is 0 Å². The van der Waals surface area contributed by atoms with Crippen LogP contribution in [0, 0.1) is 0 Å². The predicted molar refractivity (Wildman–Crippen MR) is 80.2 cm³/mol. The molecule has 1 atom stereocenters. The van der Waals surface area contributed by atoms with Crippen LogP contribution in [-0.4, -0.2) is 42.6 Å². The van der Waals surface area contributed by atoms with Gasteiger partial charge in [0.1, 0.15) is 0 Å². The van der Waals surface area contributed by atoms with Gasteiger partial charge in [0.15, 0.2) is 11.6 Å². The lowest BCUT2D eigenvalue weighted by molar-refractivity contribution is 0.719. The third kappa shape index (κ3) is 3.20. The number of hydrogen-bond donors (Lipinski definition) is 0. The molecule has 0 aromatic carbocycles. The van der Waals surface area contributed by atoms with Gasteiger partial charge in [0.2, 0.25) is 0 Å². The molecule has 6 heteroatoms. The van der Waals surface area contributed by atoms with Gasteiger partial charge in [-0.2, -0.15) is 0 Å². The molecule has 0 saturated heterocycles. The molecule has 0 spiro atoms. The highest BCUT2D eigenvalue weighted by Gasteiger charge is 2.16. The average Bonchev–Trinajstić information content (AvgIpc) is 2.92. The first-order chi connectivity index (χ1) is 9.09. The predicted octanol–water partition coefficient (Wildman–Crippen LogP) is 2.24. The van der Waals surface area contributed by atoms with Crippen LogP contribution in [0.4, 0.5) is 11.6 Å². The van der Waals surface area contributed by atoms with Crippen molar-refractivity contribution in [1.29, 1.82) is 0 Å². The van der Waals surface area contributed by atoms with Gasteiger partial charge < -0.3 is 9.80 Å². The second-order valence-corrected chi connectivity index (χ2v) is 5.68. The largest absolute Gasteiger partial charge is 0.360 e. The number of thiazole rings is 1. The molecule has 19 heavy (non-hydrogen) atoms. The SMILES string of the molecule is CC(CN(C)c1nccnc1N(C)C)c1nccs1. The Morgan fingerprint density at radius 1 is 1.05 bits per heavy atom. The first-order valence-electron chi connectivity index (χ1n) is 6.18. The fraction of sp³-hybridized carbons (Fsp3) is 0.462. The van der Waals surface area contributed by atoms with Crippen LogP contribution >= 0.6 is 11.3 Å². The van der Waals surface area contributed by atoms with Crippen LogP contribution in [0.1, 0.15) is 17.8 Å². The monoisotopic (exact) mass is 277 g/mol. The first-order valence-corrected chi connectivity index (χ1v) is 7.06. The molecule has 5 nitrogen and oxygen atoms in total. The van der Waals surface area contributed by atoms with Crippen LogP contribution in [-0.2, 0) is 0 Å². The number of rotatable bonds is 5. The van der Waals surface area contributed by atoms with Crippen molar-refractivity contribution in [2.45, 2.75) is 12.8 Å². The molecule has 0 saturated carbocycles. The van der Waals surface area contributed by atoms with Gasteiger partial charge >= 0.3 is 0 Å². The van der Waals surface area contributed by atoms with Crippen LogP contribution in [0.15, 0.2) is 24.0 Å². The van der Waals surface area contributed by atoms with Crippen molar-refractivity contribution in [2.24, 2.45) is 0 Å². The van der Waals surface area contributed by atoms with Gasteiger partial charge in [-0.25, -0.2) is 15.0 Å². The Bertz CT molecular complexity index is 512. The molecule has 2 heterocycles. The Morgan fingerprint density at radius 2 is 1.74 bits per heavy atom. The van der Waals surface area contributed by atoms with E-state index in [1.54, 1.807) is 23.7 Å². The second-order valence-electron chi connectivity index (χ2n) is 4.75. The highest BCUT2D eigenvalue weighted by atomic mass is 32.1. The van der Waals surface area contributed by atoms with Gasteiger partial charge in [0.25, 0.3) is 0 Å². The van der Waals surface area contributed by atoms with Gasteiger partial charge in [-0.15, -0.1) is 11.3 Å². The van der Waals surface area contributed by atoms with E-state index in [0.29, 0.717) is 5.92 Å². The highest BCUT2D eigenvalue weighted by Crippen LogP contribution is 2.25. The molecule has 0 bridgehead atoms. The highest BCUT2D eigenvalue weighted by molar-refractivity contribution is 7.09. The standard InChI is InChI=1S/C13H19N5S/c1-10(13-16-7-8-19-13)9-18(4)12-11(17(2)3)14-5-6-15-12/h5-8,10H,9H2,1-4H3. The van der Waals surface area contributed by atoms with Crippen LogP contribution in [0.3, 0.4) is 0 Å². The molecule has 2 aromatic heterocycles. The Morgan fingerprint density at radius 3 is 2.32 bits per heavy atom. The summed E-state index contributed by atoms with van der Waals surface area (Å²) in [4.78, 5) is 17.3. The molecule has 0 aliphatic rings. The molecule has 102 valence electrons.